The van der Waals surface area contributed by atoms with Gasteiger partial charge in [0.2, 0.25) is 11.5 Å². The van der Waals surface area contributed by atoms with E-state index in [1.807, 2.05) is 126 Å². The predicted octanol–water partition coefficient (Wildman–Crippen LogP) is 4.24. The molecule has 13 heteroatoms. The van der Waals surface area contributed by atoms with Gasteiger partial charge in [0.1, 0.15) is 0 Å². The second kappa shape index (κ2) is 17.4. The van der Waals surface area contributed by atoms with Gasteiger partial charge in [0.25, 0.3) is 5.52 Å². The van der Waals surface area contributed by atoms with Crippen molar-refractivity contribution in [3.63, 3.8) is 0 Å². The van der Waals surface area contributed by atoms with Gasteiger partial charge in [-0.3, -0.25) is 0 Å². The van der Waals surface area contributed by atoms with E-state index in [-0.39, 0.29) is 42.4 Å². The Labute approximate surface area is 327 Å². The number of hydrogen-bond donors (Lipinski definition) is 0. The molecule has 0 saturated carbocycles. The number of aromatic nitrogens is 1. The molecule has 1 aliphatic rings. The molecule has 0 radical (unpaired) electrons. The van der Waals surface area contributed by atoms with Crippen molar-refractivity contribution in [2.45, 2.75) is 45.6 Å². The first kappa shape index (κ1) is 39.5. The van der Waals surface area contributed by atoms with Crippen LogP contribution < -0.4 is 43.8 Å². The van der Waals surface area contributed by atoms with Crippen molar-refractivity contribution in [2.24, 2.45) is 0 Å². The topological polar surface area (TPSA) is 144 Å². The summed E-state index contributed by atoms with van der Waals surface area (Å²) in [6.07, 6.45) is 5.83. The van der Waals surface area contributed by atoms with Gasteiger partial charge in [0.15, 0.2) is 12.3 Å². The van der Waals surface area contributed by atoms with Crippen LogP contribution in [0.15, 0.2) is 119 Å². The summed E-state index contributed by atoms with van der Waals surface area (Å²) in [5, 5.41) is 0. The van der Waals surface area contributed by atoms with Gasteiger partial charge in [-0.15, -0.1) is 0 Å². The van der Waals surface area contributed by atoms with Crippen molar-refractivity contribution in [3.05, 3.63) is 120 Å². The van der Waals surface area contributed by atoms with Crippen molar-refractivity contribution in [3.8, 4) is 28.0 Å². The molecule has 52 heavy (non-hydrogen) atoms. The Morgan fingerprint density at radius 3 is 1.96 bits per heavy atom. The maximum atomic E-state index is 11.3. The fourth-order valence-corrected chi connectivity index (χ4v) is 7.27. The van der Waals surface area contributed by atoms with E-state index in [4.69, 9.17) is 9.15 Å². The number of anilines is 1. The molecule has 2 heterocycles. The van der Waals surface area contributed by atoms with Gasteiger partial charge in [-0.2, -0.15) is 4.57 Å². The van der Waals surface area contributed by atoms with E-state index >= 15 is 0 Å². The fraction of sp³-hybridized carbons (Fsp3) is 0.256. The van der Waals surface area contributed by atoms with Gasteiger partial charge in [0.05, 0.1) is 32.0 Å². The van der Waals surface area contributed by atoms with Gasteiger partial charge < -0.3 is 23.2 Å². The molecule has 0 bridgehead atoms. The number of rotatable bonds is 15. The summed E-state index contributed by atoms with van der Waals surface area (Å²) in [5.41, 5.74) is 7.30. The van der Waals surface area contributed by atoms with Crippen LogP contribution in [0.25, 0.3) is 39.4 Å². The zero-order valence-electron chi connectivity index (χ0n) is 29.2. The third-order valence-corrected chi connectivity index (χ3v) is 10.3. The first-order valence-corrected chi connectivity index (χ1v) is 20.1. The molecule has 1 aromatic heterocycles. The molecule has 6 rings (SSSR count). The van der Waals surface area contributed by atoms with E-state index in [1.54, 1.807) is 0 Å². The largest absolute Gasteiger partial charge is 1.00 e. The zero-order valence-corrected chi connectivity index (χ0v) is 32.9. The summed E-state index contributed by atoms with van der Waals surface area (Å²) in [5.74, 6) is 0.909. The molecule has 5 aromatic rings. The number of allylic oxidation sites excluding steroid dienone is 2. The minimum absolute atomic E-state index is 0. The molecule has 4 aromatic carbocycles. The monoisotopic (exact) mass is 750 g/mol. The summed E-state index contributed by atoms with van der Waals surface area (Å²) < 4.78 is 82.5. The van der Waals surface area contributed by atoms with Crippen LogP contribution in [0.1, 0.15) is 44.9 Å². The number of nitrogens with zero attached hydrogens (tertiary/aromatic N) is 2. The van der Waals surface area contributed by atoms with Crippen molar-refractivity contribution in [1.29, 1.82) is 0 Å². The van der Waals surface area contributed by atoms with Crippen molar-refractivity contribution in [2.75, 3.05) is 23.0 Å². The Morgan fingerprint density at radius 2 is 1.35 bits per heavy atom. The maximum Gasteiger partial charge on any atom is 1.00 e. The van der Waals surface area contributed by atoms with Crippen LogP contribution in [0, 0.1) is 0 Å². The number of aryl methyl sites for hydroxylation is 1. The smallest absolute Gasteiger partial charge is 0.748 e. The fourth-order valence-electron chi connectivity index (χ4n) is 6.16. The van der Waals surface area contributed by atoms with Gasteiger partial charge in [0, 0.05) is 36.6 Å². The Hall–Kier alpha value is -3.75. The number of oxazole rings is 1. The van der Waals surface area contributed by atoms with Crippen LogP contribution in [0.3, 0.4) is 0 Å². The van der Waals surface area contributed by atoms with E-state index in [0.29, 0.717) is 55.5 Å². The molecule has 0 amide bonds. The first-order chi connectivity index (χ1) is 24.5. The number of fused-ring (bicyclic) bond motifs is 2. The van der Waals surface area contributed by atoms with Crippen LogP contribution in [-0.4, -0.2) is 44.0 Å². The van der Waals surface area contributed by atoms with Crippen molar-refractivity contribution >= 4 is 43.1 Å². The molecule has 0 aliphatic carbocycles. The van der Waals surface area contributed by atoms with E-state index in [1.165, 1.54) is 0 Å². The van der Waals surface area contributed by atoms with E-state index < -0.39 is 31.7 Å². The third kappa shape index (κ3) is 10.2. The van der Waals surface area contributed by atoms with Crippen LogP contribution in [0.5, 0.6) is 5.75 Å². The second-order valence-corrected chi connectivity index (χ2v) is 15.5. The number of ether oxygens (including phenoxy) is 1. The molecule has 0 saturated heterocycles. The van der Waals surface area contributed by atoms with Crippen molar-refractivity contribution in [1.82, 2.24) is 0 Å². The zero-order chi connectivity index (χ0) is 36.0. The number of unbranched alkanes of at least 4 members (excludes halogenated alkanes) is 2. The Balaban J connectivity index is 0.00000523. The van der Waals surface area contributed by atoms with E-state index in [9.17, 15) is 25.9 Å². The standard InChI is InChI=1S/C39H40N2O8S2.Na/c1-2-29(25-38-40(21-9-11-23-50(42,43)44)34-27-32(17-19-36(34)48-38)30-13-5-3-6-14-30)26-39-41(22-10-12-24-51(45,46)47)35-28-33(18-20-37(35)49-39)31-15-7-4-8-16-31;/h3-8,13-20,25-28H,2,9-12,21-24H2,1H3,(H-,42,43,44,45,46,47);/q;+1/p-1. The molecule has 0 spiro atoms. The van der Waals surface area contributed by atoms with Gasteiger partial charge >= 0.3 is 35.4 Å². The Bertz CT molecular complexity index is 2290. The predicted molar refractivity (Wildman–Crippen MR) is 196 cm³/mol. The van der Waals surface area contributed by atoms with Gasteiger partial charge in [-0.1, -0.05) is 79.7 Å². The van der Waals surface area contributed by atoms with Crippen molar-refractivity contribution < 1.29 is 69.2 Å². The molecule has 0 atom stereocenters. The third-order valence-electron chi connectivity index (χ3n) is 8.75. The SMILES string of the molecule is CCC(/C=C1\Oc2ccc(-c3ccccc3)cc2N1CCCCS(=O)(=O)[O-])=C\c1oc2ccc(-c3ccccc3)cc2[n+]1CCCCS(=O)(=O)[O-].[Na+]. The molecule has 0 N–H and O–H groups in total. The van der Waals surface area contributed by atoms with Crippen LogP contribution in [-0.2, 0) is 26.8 Å². The first-order valence-electron chi connectivity index (χ1n) is 16.9. The summed E-state index contributed by atoms with van der Waals surface area (Å²) in [7, 11) is -8.65. The summed E-state index contributed by atoms with van der Waals surface area (Å²) in [6, 6.07) is 31.9. The molecular formula is C39H39N2NaO8S2. The van der Waals surface area contributed by atoms with E-state index in [2.05, 4.69) is 0 Å². The summed E-state index contributed by atoms with van der Waals surface area (Å²) in [4.78, 5) is 2.00. The summed E-state index contributed by atoms with van der Waals surface area (Å²) in [6.45, 7) is 2.87. The number of hydrogen-bond acceptors (Lipinski definition) is 9. The van der Waals surface area contributed by atoms with Gasteiger partial charge in [-0.25, -0.2) is 16.8 Å². The maximum absolute atomic E-state index is 11.3. The second-order valence-electron chi connectivity index (χ2n) is 12.4. The average molecular weight is 751 g/mol. The average Bonchev–Trinajstić information content (AvgIpc) is 3.63. The van der Waals surface area contributed by atoms with E-state index in [0.717, 1.165) is 39.0 Å². The minimum atomic E-state index is -4.33. The molecular weight excluding hydrogens is 712 g/mol. The summed E-state index contributed by atoms with van der Waals surface area (Å²) >= 11 is 0. The molecule has 266 valence electrons. The van der Waals surface area contributed by atoms with Crippen LogP contribution in [0.4, 0.5) is 5.69 Å². The molecule has 10 nitrogen and oxygen atoms in total. The molecule has 0 unspecified atom stereocenters. The minimum Gasteiger partial charge on any atom is -0.748 e. The van der Waals surface area contributed by atoms with Crippen LogP contribution >= 0.6 is 0 Å². The Kier molecular flexibility index (Phi) is 13.2. The van der Waals surface area contributed by atoms with Crippen LogP contribution in [0.2, 0.25) is 0 Å². The molecule has 1 aliphatic heterocycles. The van der Waals surface area contributed by atoms with Gasteiger partial charge in [-0.05, 0) is 71.7 Å². The molecule has 0 fully saturated rings. The normalized spacial score (nSPS) is 14.0. The quantitative estimate of drug-likeness (QED) is 0.0665. The Morgan fingerprint density at radius 1 is 0.750 bits per heavy atom. The number of benzene rings is 4.